The van der Waals surface area contributed by atoms with Crippen molar-refractivity contribution in [1.29, 1.82) is 5.26 Å². The van der Waals surface area contributed by atoms with E-state index in [1.165, 1.54) is 0 Å². The Kier molecular flexibility index (Phi) is 2.57. The Balaban J connectivity index is 3.12. The highest BCUT2D eigenvalue weighted by atomic mass is 15.3. The maximum absolute atomic E-state index is 8.88. The zero-order valence-electron chi connectivity index (χ0n) is 8.42. The Hall–Kier alpha value is -1.50. The van der Waals surface area contributed by atoms with Gasteiger partial charge in [0.15, 0.2) is 0 Å². The number of nitrogens with zero attached hydrogens (tertiary/aromatic N) is 3. The van der Waals surface area contributed by atoms with Gasteiger partial charge in [0.2, 0.25) is 0 Å². The molecule has 1 N–H and O–H groups in total. The summed E-state index contributed by atoms with van der Waals surface area (Å²) in [5, 5.41) is 16.2. The molecular formula is C9H14N4. The first-order chi connectivity index (χ1) is 6.06. The van der Waals surface area contributed by atoms with Gasteiger partial charge >= 0.3 is 0 Å². The van der Waals surface area contributed by atoms with Gasteiger partial charge in [-0.25, -0.2) is 0 Å². The van der Waals surface area contributed by atoms with Gasteiger partial charge in [-0.3, -0.25) is 4.68 Å². The van der Waals surface area contributed by atoms with Crippen molar-refractivity contribution in [2.75, 3.05) is 5.32 Å². The Morgan fingerprint density at radius 1 is 1.54 bits per heavy atom. The van der Waals surface area contributed by atoms with Crippen molar-refractivity contribution in [3.63, 3.8) is 0 Å². The fraction of sp³-hybridized carbons (Fsp3) is 0.556. The van der Waals surface area contributed by atoms with Crippen LogP contribution in [-0.2, 0) is 7.05 Å². The van der Waals surface area contributed by atoms with E-state index in [0.29, 0.717) is 11.6 Å². The van der Waals surface area contributed by atoms with E-state index in [2.05, 4.69) is 16.5 Å². The van der Waals surface area contributed by atoms with Crippen LogP contribution in [-0.4, -0.2) is 15.8 Å². The lowest BCUT2D eigenvalue weighted by atomic mass is 10.2. The standard InChI is InChI=1S/C9H14N4/c1-6(2)11-9-8(5-10)7(3)12-13(9)4/h6,11H,1-4H3. The molecule has 4 nitrogen and oxygen atoms in total. The molecule has 13 heavy (non-hydrogen) atoms. The molecule has 0 bridgehead atoms. The van der Waals surface area contributed by atoms with Crippen molar-refractivity contribution < 1.29 is 0 Å². The van der Waals surface area contributed by atoms with Crippen LogP contribution in [0.1, 0.15) is 25.1 Å². The summed E-state index contributed by atoms with van der Waals surface area (Å²) in [4.78, 5) is 0. The minimum absolute atomic E-state index is 0.307. The number of rotatable bonds is 2. The van der Waals surface area contributed by atoms with Gasteiger partial charge in [-0.2, -0.15) is 10.4 Å². The van der Waals surface area contributed by atoms with Crippen molar-refractivity contribution >= 4 is 5.82 Å². The Bertz CT molecular complexity index is 343. The largest absolute Gasteiger partial charge is 0.367 e. The summed E-state index contributed by atoms with van der Waals surface area (Å²) >= 11 is 0. The first-order valence-electron chi connectivity index (χ1n) is 4.26. The third-order valence-electron chi connectivity index (χ3n) is 1.76. The molecule has 0 atom stereocenters. The molecule has 1 aromatic rings. The van der Waals surface area contributed by atoms with E-state index in [4.69, 9.17) is 5.26 Å². The maximum Gasteiger partial charge on any atom is 0.142 e. The SMILES string of the molecule is Cc1nn(C)c(NC(C)C)c1C#N. The Morgan fingerprint density at radius 2 is 2.15 bits per heavy atom. The van der Waals surface area contributed by atoms with E-state index in [1.54, 1.807) is 4.68 Å². The lowest BCUT2D eigenvalue weighted by Gasteiger charge is -2.09. The number of nitrogens with one attached hydrogen (secondary N) is 1. The van der Waals surface area contributed by atoms with Crippen molar-refractivity contribution in [3.8, 4) is 6.07 Å². The highest BCUT2D eigenvalue weighted by Crippen LogP contribution is 2.17. The summed E-state index contributed by atoms with van der Waals surface area (Å²) in [6.45, 7) is 5.90. The second kappa shape index (κ2) is 3.48. The average Bonchev–Trinajstić information content (AvgIpc) is 2.26. The molecule has 1 rings (SSSR count). The predicted octanol–water partition coefficient (Wildman–Crippen LogP) is 1.42. The molecule has 0 aliphatic heterocycles. The average molecular weight is 178 g/mol. The van der Waals surface area contributed by atoms with Crippen LogP contribution in [0.4, 0.5) is 5.82 Å². The molecule has 0 aliphatic carbocycles. The van der Waals surface area contributed by atoms with Gasteiger partial charge in [0, 0.05) is 13.1 Å². The second-order valence-corrected chi connectivity index (χ2v) is 3.34. The van der Waals surface area contributed by atoms with Crippen LogP contribution >= 0.6 is 0 Å². The summed E-state index contributed by atoms with van der Waals surface area (Å²) < 4.78 is 1.70. The molecule has 0 aliphatic rings. The van der Waals surface area contributed by atoms with E-state index < -0.39 is 0 Å². The summed E-state index contributed by atoms with van der Waals surface area (Å²) in [7, 11) is 1.83. The van der Waals surface area contributed by atoms with Crippen LogP contribution in [0.2, 0.25) is 0 Å². The minimum Gasteiger partial charge on any atom is -0.367 e. The van der Waals surface area contributed by atoms with Crippen LogP contribution in [0.5, 0.6) is 0 Å². The first kappa shape index (κ1) is 9.59. The van der Waals surface area contributed by atoms with Crippen molar-refractivity contribution in [3.05, 3.63) is 11.3 Å². The lowest BCUT2D eigenvalue weighted by molar-refractivity contribution is 0.745. The summed E-state index contributed by atoms with van der Waals surface area (Å²) in [5.74, 6) is 0.801. The van der Waals surface area contributed by atoms with E-state index >= 15 is 0 Å². The Labute approximate surface area is 78.2 Å². The van der Waals surface area contributed by atoms with Crippen molar-refractivity contribution in [2.24, 2.45) is 7.05 Å². The third kappa shape index (κ3) is 1.81. The van der Waals surface area contributed by atoms with Crippen molar-refractivity contribution in [2.45, 2.75) is 26.8 Å². The number of nitriles is 1. The normalized spacial score (nSPS) is 10.2. The third-order valence-corrected chi connectivity index (χ3v) is 1.76. The Morgan fingerprint density at radius 3 is 2.62 bits per heavy atom. The van der Waals surface area contributed by atoms with Crippen LogP contribution in [0.3, 0.4) is 0 Å². The van der Waals surface area contributed by atoms with Crippen LogP contribution in [0.25, 0.3) is 0 Å². The molecule has 0 radical (unpaired) electrons. The smallest absolute Gasteiger partial charge is 0.142 e. The minimum atomic E-state index is 0.307. The molecule has 70 valence electrons. The molecule has 0 amide bonds. The van der Waals surface area contributed by atoms with E-state index in [0.717, 1.165) is 11.5 Å². The molecule has 1 heterocycles. The number of anilines is 1. The topological polar surface area (TPSA) is 53.6 Å². The first-order valence-corrected chi connectivity index (χ1v) is 4.26. The highest BCUT2D eigenvalue weighted by Gasteiger charge is 2.12. The zero-order valence-corrected chi connectivity index (χ0v) is 8.42. The van der Waals surface area contributed by atoms with Gasteiger partial charge < -0.3 is 5.32 Å². The van der Waals surface area contributed by atoms with Gasteiger partial charge in [0.1, 0.15) is 17.5 Å². The number of hydrogen-bond acceptors (Lipinski definition) is 3. The van der Waals surface area contributed by atoms with E-state index in [1.807, 2.05) is 27.8 Å². The molecule has 0 aromatic carbocycles. The van der Waals surface area contributed by atoms with Gasteiger partial charge in [0.05, 0.1) is 5.69 Å². The maximum atomic E-state index is 8.88. The van der Waals surface area contributed by atoms with Crippen LogP contribution in [0.15, 0.2) is 0 Å². The van der Waals surface area contributed by atoms with Crippen LogP contribution < -0.4 is 5.32 Å². The lowest BCUT2D eigenvalue weighted by Crippen LogP contribution is -2.13. The molecule has 4 heteroatoms. The van der Waals surface area contributed by atoms with Crippen molar-refractivity contribution in [1.82, 2.24) is 9.78 Å². The number of hydrogen-bond donors (Lipinski definition) is 1. The summed E-state index contributed by atoms with van der Waals surface area (Å²) in [6.07, 6.45) is 0. The molecule has 0 saturated heterocycles. The summed E-state index contributed by atoms with van der Waals surface area (Å²) in [6, 6.07) is 2.45. The quantitative estimate of drug-likeness (QED) is 0.745. The molecule has 0 saturated carbocycles. The monoisotopic (exact) mass is 178 g/mol. The fourth-order valence-electron chi connectivity index (χ4n) is 1.23. The molecule has 0 spiro atoms. The van der Waals surface area contributed by atoms with E-state index in [-0.39, 0.29) is 0 Å². The van der Waals surface area contributed by atoms with Gasteiger partial charge in [-0.05, 0) is 20.8 Å². The predicted molar refractivity (Wildman–Crippen MR) is 51.4 cm³/mol. The highest BCUT2D eigenvalue weighted by molar-refractivity contribution is 5.55. The second-order valence-electron chi connectivity index (χ2n) is 3.34. The van der Waals surface area contributed by atoms with Gasteiger partial charge in [-0.1, -0.05) is 0 Å². The number of aromatic nitrogens is 2. The molecular weight excluding hydrogens is 164 g/mol. The van der Waals surface area contributed by atoms with Gasteiger partial charge in [0.25, 0.3) is 0 Å². The molecule has 0 fully saturated rings. The fourth-order valence-corrected chi connectivity index (χ4v) is 1.23. The summed E-state index contributed by atoms with van der Waals surface area (Å²) in [5.41, 5.74) is 1.41. The van der Waals surface area contributed by atoms with E-state index in [9.17, 15) is 0 Å². The zero-order chi connectivity index (χ0) is 10.0. The van der Waals surface area contributed by atoms with Gasteiger partial charge in [-0.15, -0.1) is 0 Å². The number of aryl methyl sites for hydroxylation is 2. The molecule has 0 unspecified atom stereocenters. The van der Waals surface area contributed by atoms with Crippen LogP contribution in [0, 0.1) is 18.3 Å². The molecule has 1 aromatic heterocycles.